The summed E-state index contributed by atoms with van der Waals surface area (Å²) in [6.45, 7) is 3.66. The van der Waals surface area contributed by atoms with E-state index < -0.39 is 17.6 Å². The number of hydrogen-bond donors (Lipinski definition) is 1. The van der Waals surface area contributed by atoms with E-state index in [-0.39, 0.29) is 36.0 Å². The number of carbonyl (C=O) groups excluding carboxylic acids is 3. The molecule has 1 spiro atoms. The van der Waals surface area contributed by atoms with Gasteiger partial charge in [0.1, 0.15) is 17.6 Å². The second kappa shape index (κ2) is 10.6. The quantitative estimate of drug-likeness (QED) is 0.670. The van der Waals surface area contributed by atoms with Crippen molar-refractivity contribution in [1.82, 2.24) is 15.1 Å². The maximum atomic E-state index is 13.9. The van der Waals surface area contributed by atoms with Gasteiger partial charge in [0.05, 0.1) is 12.7 Å². The molecule has 3 saturated heterocycles. The molecule has 5 rings (SSSR count). The first-order chi connectivity index (χ1) is 17.9. The minimum Gasteiger partial charge on any atom is -0.376 e. The largest absolute Gasteiger partial charge is 0.376 e. The molecule has 37 heavy (non-hydrogen) atoms. The Labute approximate surface area is 215 Å². The van der Waals surface area contributed by atoms with Gasteiger partial charge in [-0.1, -0.05) is 24.3 Å². The van der Waals surface area contributed by atoms with E-state index in [9.17, 15) is 18.8 Å². The summed E-state index contributed by atoms with van der Waals surface area (Å²) in [4.78, 5) is 43.4. The van der Waals surface area contributed by atoms with E-state index in [2.05, 4.69) is 5.32 Å². The summed E-state index contributed by atoms with van der Waals surface area (Å²) < 4.78 is 25.5. The number of likely N-dealkylation sites (tertiary alicyclic amines) is 1. The Kier molecular flexibility index (Phi) is 7.26. The van der Waals surface area contributed by atoms with Crippen LogP contribution >= 0.6 is 0 Å². The van der Waals surface area contributed by atoms with Crippen LogP contribution in [0.15, 0.2) is 48.5 Å². The summed E-state index contributed by atoms with van der Waals surface area (Å²) in [5.74, 6) is -1.27. The summed E-state index contributed by atoms with van der Waals surface area (Å²) >= 11 is 0. The molecule has 9 heteroatoms. The van der Waals surface area contributed by atoms with Crippen molar-refractivity contribution in [2.45, 2.75) is 50.5 Å². The standard InChI is InChI=1S/C28H32FN3O5/c1-19-6-2-3-10-23(19)27(35)32-24(25(33)30-17-22-9-5-15-36-22)18-37-28(32)11-13-31(14-12-28)26(34)20-7-4-8-21(29)16-20/h2-4,6-8,10,16,22,24H,5,9,11-15,17-18H2,1H3,(H,30,33). The highest BCUT2D eigenvalue weighted by molar-refractivity contribution is 5.99. The smallest absolute Gasteiger partial charge is 0.257 e. The molecule has 0 radical (unpaired) electrons. The molecule has 3 fully saturated rings. The van der Waals surface area contributed by atoms with E-state index in [0.29, 0.717) is 44.6 Å². The number of carbonyl (C=O) groups is 3. The average Bonchev–Trinajstić information content (AvgIpc) is 3.56. The molecule has 2 aromatic rings. The second-order valence-corrected chi connectivity index (χ2v) is 9.95. The van der Waals surface area contributed by atoms with Gasteiger partial charge in [-0.3, -0.25) is 19.3 Å². The van der Waals surface area contributed by atoms with Crippen LogP contribution in [0, 0.1) is 12.7 Å². The maximum Gasteiger partial charge on any atom is 0.257 e. The highest BCUT2D eigenvalue weighted by Crippen LogP contribution is 2.39. The summed E-state index contributed by atoms with van der Waals surface area (Å²) in [5.41, 5.74) is 0.598. The zero-order valence-corrected chi connectivity index (χ0v) is 21.0. The fourth-order valence-corrected chi connectivity index (χ4v) is 5.51. The van der Waals surface area contributed by atoms with E-state index >= 15 is 0 Å². The van der Waals surface area contributed by atoms with Crippen molar-refractivity contribution >= 4 is 17.7 Å². The van der Waals surface area contributed by atoms with Crippen LogP contribution in [-0.4, -0.2) is 78.2 Å². The maximum absolute atomic E-state index is 13.9. The molecule has 3 aliphatic rings. The number of halogens is 1. The van der Waals surface area contributed by atoms with Crippen LogP contribution in [0.3, 0.4) is 0 Å². The van der Waals surface area contributed by atoms with Gasteiger partial charge in [0.2, 0.25) is 5.91 Å². The summed E-state index contributed by atoms with van der Waals surface area (Å²) in [5, 5.41) is 2.96. The van der Waals surface area contributed by atoms with Crippen molar-refractivity contribution in [3.05, 3.63) is 71.0 Å². The predicted octanol–water partition coefficient (Wildman–Crippen LogP) is 2.90. The molecule has 3 amide bonds. The summed E-state index contributed by atoms with van der Waals surface area (Å²) in [6, 6.07) is 12.1. The third kappa shape index (κ3) is 5.10. The molecule has 2 unspecified atom stereocenters. The van der Waals surface area contributed by atoms with Gasteiger partial charge >= 0.3 is 0 Å². The number of nitrogens with zero attached hydrogens (tertiary/aromatic N) is 2. The normalized spacial score (nSPS) is 22.9. The molecular weight excluding hydrogens is 477 g/mol. The topological polar surface area (TPSA) is 88.2 Å². The van der Waals surface area contributed by atoms with Gasteiger partial charge in [0.25, 0.3) is 11.8 Å². The zero-order valence-electron chi connectivity index (χ0n) is 21.0. The molecule has 0 bridgehead atoms. The first-order valence-electron chi connectivity index (χ1n) is 12.9. The number of hydrogen-bond acceptors (Lipinski definition) is 5. The summed E-state index contributed by atoms with van der Waals surface area (Å²) in [6.07, 6.45) is 2.55. The van der Waals surface area contributed by atoms with Gasteiger partial charge in [-0.15, -0.1) is 0 Å². The fraction of sp³-hybridized carbons (Fsp3) is 0.464. The van der Waals surface area contributed by atoms with Gasteiger partial charge in [-0.2, -0.15) is 0 Å². The number of piperidine rings is 1. The molecule has 0 aromatic heterocycles. The van der Waals surface area contributed by atoms with Crippen molar-refractivity contribution in [2.24, 2.45) is 0 Å². The lowest BCUT2D eigenvalue weighted by molar-refractivity contribution is -0.128. The first kappa shape index (κ1) is 25.4. The number of rotatable bonds is 5. The molecule has 3 heterocycles. The molecule has 0 aliphatic carbocycles. The fourth-order valence-electron chi connectivity index (χ4n) is 5.51. The lowest BCUT2D eigenvalue weighted by Crippen LogP contribution is -2.60. The van der Waals surface area contributed by atoms with Crippen LogP contribution in [0.5, 0.6) is 0 Å². The van der Waals surface area contributed by atoms with Crippen LogP contribution in [0.4, 0.5) is 4.39 Å². The van der Waals surface area contributed by atoms with Crippen LogP contribution in [-0.2, 0) is 14.3 Å². The minimum atomic E-state index is -1.01. The third-order valence-corrected chi connectivity index (χ3v) is 7.59. The van der Waals surface area contributed by atoms with Gasteiger partial charge in [-0.05, 0) is 49.6 Å². The first-order valence-corrected chi connectivity index (χ1v) is 12.9. The molecule has 2 atom stereocenters. The summed E-state index contributed by atoms with van der Waals surface area (Å²) in [7, 11) is 0. The second-order valence-electron chi connectivity index (χ2n) is 9.95. The van der Waals surface area contributed by atoms with Crippen molar-refractivity contribution in [1.29, 1.82) is 0 Å². The van der Waals surface area contributed by atoms with E-state index in [1.165, 1.54) is 18.2 Å². The van der Waals surface area contributed by atoms with Crippen molar-refractivity contribution in [2.75, 3.05) is 32.8 Å². The Balaban J connectivity index is 1.36. The van der Waals surface area contributed by atoms with Crippen molar-refractivity contribution < 1.29 is 28.2 Å². The van der Waals surface area contributed by atoms with E-state index in [0.717, 1.165) is 18.4 Å². The number of nitrogens with one attached hydrogen (secondary N) is 1. The lowest BCUT2D eigenvalue weighted by Gasteiger charge is -2.44. The number of ether oxygens (including phenoxy) is 2. The molecule has 196 valence electrons. The Morgan fingerprint density at radius 2 is 1.86 bits per heavy atom. The molecule has 8 nitrogen and oxygen atoms in total. The monoisotopic (exact) mass is 509 g/mol. The number of aryl methyl sites for hydroxylation is 1. The van der Waals surface area contributed by atoms with Gasteiger partial charge in [0.15, 0.2) is 0 Å². The predicted molar refractivity (Wildman–Crippen MR) is 133 cm³/mol. The van der Waals surface area contributed by atoms with Gasteiger partial charge < -0.3 is 19.7 Å². The lowest BCUT2D eigenvalue weighted by atomic mass is 9.95. The van der Waals surface area contributed by atoms with Crippen LogP contribution in [0.2, 0.25) is 0 Å². The Hall–Kier alpha value is -3.30. The Morgan fingerprint density at radius 3 is 2.57 bits per heavy atom. The highest BCUT2D eigenvalue weighted by atomic mass is 19.1. The molecular formula is C28H32FN3O5. The molecule has 0 saturated carbocycles. The highest BCUT2D eigenvalue weighted by Gasteiger charge is 2.54. The van der Waals surface area contributed by atoms with Crippen molar-refractivity contribution in [3.8, 4) is 0 Å². The van der Waals surface area contributed by atoms with E-state index in [4.69, 9.17) is 9.47 Å². The van der Waals surface area contributed by atoms with Crippen LogP contribution in [0.1, 0.15) is 52.0 Å². The van der Waals surface area contributed by atoms with Gasteiger partial charge in [-0.25, -0.2) is 4.39 Å². The number of benzene rings is 2. The molecule has 3 aliphatic heterocycles. The Morgan fingerprint density at radius 1 is 1.08 bits per heavy atom. The van der Waals surface area contributed by atoms with Crippen LogP contribution in [0.25, 0.3) is 0 Å². The number of amides is 3. The molecule has 2 aromatic carbocycles. The van der Waals surface area contributed by atoms with Gasteiger partial charge in [0, 0.05) is 50.2 Å². The van der Waals surface area contributed by atoms with Crippen LogP contribution < -0.4 is 5.32 Å². The zero-order chi connectivity index (χ0) is 26.0. The van der Waals surface area contributed by atoms with E-state index in [1.54, 1.807) is 28.0 Å². The Bertz CT molecular complexity index is 1170. The third-order valence-electron chi connectivity index (χ3n) is 7.59. The average molecular weight is 510 g/mol. The minimum absolute atomic E-state index is 0.0159. The van der Waals surface area contributed by atoms with Crippen molar-refractivity contribution in [3.63, 3.8) is 0 Å². The van der Waals surface area contributed by atoms with E-state index in [1.807, 2.05) is 19.1 Å². The SMILES string of the molecule is Cc1ccccc1C(=O)N1C(C(=O)NCC2CCCO2)COC12CCN(C(=O)c1cccc(F)c1)CC2. The molecule has 1 N–H and O–H groups in total.